The molecule has 2 heteroatoms. The number of hydrogen-bond donors (Lipinski definition) is 1. The van der Waals surface area contributed by atoms with Crippen LogP contribution in [-0.4, -0.2) is 10.9 Å². The van der Waals surface area contributed by atoms with Crippen molar-refractivity contribution in [2.45, 2.75) is 144 Å². The third kappa shape index (κ3) is 7.65. The van der Waals surface area contributed by atoms with Crippen LogP contribution in [0.3, 0.4) is 0 Å². The molecule has 0 aliphatic carbocycles. The number of aliphatic hydroxyl groups excluding tert-OH is 1. The van der Waals surface area contributed by atoms with E-state index in [-0.39, 0.29) is 11.5 Å². The molecule has 0 spiro atoms. The first kappa shape index (κ1) is 32.9. The van der Waals surface area contributed by atoms with E-state index >= 15 is 0 Å². The molecule has 0 amide bonds. The molecule has 0 atom stereocenters. The molecule has 0 radical (unpaired) electrons. The summed E-state index contributed by atoms with van der Waals surface area (Å²) in [6.07, 6.45) is 10.9. The standard InChI is InChI=1S/C37H56O2/c1-10-25-19-20-32(27(13-4)14-5)31(21-25)24-35(38)37(39)34-23-30(26(11-2)12-3)22-33(28(15-6)16-7)36(34)29(17-8)18-9/h19-24,26-29,38H,10-18H2,1-9H3. The zero-order valence-electron chi connectivity index (χ0n) is 26.5. The van der Waals surface area contributed by atoms with Gasteiger partial charge in [0.25, 0.3) is 0 Å². The maximum atomic E-state index is 14.3. The third-order valence-corrected chi connectivity index (χ3v) is 9.26. The maximum Gasteiger partial charge on any atom is 0.227 e. The van der Waals surface area contributed by atoms with Crippen molar-refractivity contribution < 1.29 is 9.90 Å². The number of Topliss-reactive ketones (excluding diaryl/α,β-unsaturated/α-hetero) is 1. The SMILES string of the molecule is CCc1ccc(C(CC)CC)c(C=C(O)C(=O)c2cc(C(CC)CC)cc(C(CC)CC)c2C(CC)CC)c1. The molecule has 0 unspecified atom stereocenters. The van der Waals surface area contributed by atoms with E-state index in [0.29, 0.717) is 23.7 Å². The van der Waals surface area contributed by atoms with Crippen molar-refractivity contribution in [2.75, 3.05) is 0 Å². The molecule has 2 aromatic carbocycles. The molecule has 0 aromatic heterocycles. The van der Waals surface area contributed by atoms with Crippen LogP contribution in [0.15, 0.2) is 36.1 Å². The van der Waals surface area contributed by atoms with Gasteiger partial charge in [0.05, 0.1) is 0 Å². The van der Waals surface area contributed by atoms with Crippen molar-refractivity contribution in [1.82, 2.24) is 0 Å². The lowest BCUT2D eigenvalue weighted by Crippen LogP contribution is -2.16. The van der Waals surface area contributed by atoms with Gasteiger partial charge < -0.3 is 5.11 Å². The number of carbonyl (C=O) groups is 1. The Morgan fingerprint density at radius 2 is 1.18 bits per heavy atom. The van der Waals surface area contributed by atoms with Crippen LogP contribution in [0.1, 0.15) is 181 Å². The molecule has 0 aliphatic rings. The van der Waals surface area contributed by atoms with E-state index in [4.69, 9.17) is 0 Å². The molecule has 0 fully saturated rings. The van der Waals surface area contributed by atoms with E-state index in [1.54, 1.807) is 6.08 Å². The molecule has 1 N–H and O–H groups in total. The molecule has 0 heterocycles. The van der Waals surface area contributed by atoms with Gasteiger partial charge in [-0.15, -0.1) is 0 Å². The highest BCUT2D eigenvalue weighted by Crippen LogP contribution is 2.40. The number of aliphatic hydroxyl groups is 1. The van der Waals surface area contributed by atoms with Crippen LogP contribution >= 0.6 is 0 Å². The van der Waals surface area contributed by atoms with Crippen LogP contribution < -0.4 is 0 Å². The molecule has 2 rings (SSSR count). The quantitative estimate of drug-likeness (QED) is 0.133. The molecular weight excluding hydrogens is 476 g/mol. The summed E-state index contributed by atoms with van der Waals surface area (Å²) in [5, 5.41) is 11.5. The number of benzene rings is 2. The van der Waals surface area contributed by atoms with E-state index in [1.807, 2.05) is 0 Å². The Kier molecular flexibility index (Phi) is 13.5. The predicted octanol–water partition coefficient (Wildman–Crippen LogP) is 11.6. The normalized spacial score (nSPS) is 12.4. The molecule has 216 valence electrons. The highest BCUT2D eigenvalue weighted by atomic mass is 16.3. The Balaban J connectivity index is 2.85. The molecule has 0 bridgehead atoms. The average molecular weight is 533 g/mol. The van der Waals surface area contributed by atoms with Crippen LogP contribution in [-0.2, 0) is 6.42 Å². The predicted molar refractivity (Wildman–Crippen MR) is 170 cm³/mol. The minimum atomic E-state index is -0.227. The van der Waals surface area contributed by atoms with E-state index in [1.165, 1.54) is 27.8 Å². The van der Waals surface area contributed by atoms with Crippen LogP contribution in [0, 0.1) is 0 Å². The average Bonchev–Trinajstić information content (AvgIpc) is 2.96. The van der Waals surface area contributed by atoms with Crippen molar-refractivity contribution in [3.63, 3.8) is 0 Å². The lowest BCUT2D eigenvalue weighted by atomic mass is 9.76. The van der Waals surface area contributed by atoms with Gasteiger partial charge in [-0.1, -0.05) is 86.6 Å². The molecular formula is C37H56O2. The van der Waals surface area contributed by atoms with Crippen molar-refractivity contribution in [1.29, 1.82) is 0 Å². The van der Waals surface area contributed by atoms with E-state index in [0.717, 1.165) is 68.9 Å². The highest BCUT2D eigenvalue weighted by molar-refractivity contribution is 6.11. The summed E-state index contributed by atoms with van der Waals surface area (Å²) in [6, 6.07) is 11.1. The van der Waals surface area contributed by atoms with Crippen LogP contribution in [0.5, 0.6) is 0 Å². The summed E-state index contributed by atoms with van der Waals surface area (Å²) in [4.78, 5) is 14.3. The van der Waals surface area contributed by atoms with Gasteiger partial charge in [0.1, 0.15) is 0 Å². The van der Waals surface area contributed by atoms with E-state index < -0.39 is 0 Å². The smallest absolute Gasteiger partial charge is 0.227 e. The topological polar surface area (TPSA) is 37.3 Å². The fourth-order valence-corrected chi connectivity index (χ4v) is 6.52. The number of carbonyl (C=O) groups excluding carboxylic acids is 1. The fourth-order valence-electron chi connectivity index (χ4n) is 6.52. The summed E-state index contributed by atoms with van der Waals surface area (Å²) in [7, 11) is 0. The molecule has 0 saturated carbocycles. The Hall–Kier alpha value is -2.35. The van der Waals surface area contributed by atoms with E-state index in [2.05, 4.69) is 92.6 Å². The number of aryl methyl sites for hydroxylation is 1. The minimum absolute atomic E-state index is 0.139. The van der Waals surface area contributed by atoms with Gasteiger partial charge in [-0.3, -0.25) is 4.79 Å². The Morgan fingerprint density at radius 1 is 0.667 bits per heavy atom. The van der Waals surface area contributed by atoms with Gasteiger partial charge in [0, 0.05) is 5.56 Å². The largest absolute Gasteiger partial charge is 0.504 e. The molecule has 39 heavy (non-hydrogen) atoms. The fraction of sp³-hybridized carbons (Fsp3) is 0.595. The minimum Gasteiger partial charge on any atom is -0.504 e. The first-order valence-electron chi connectivity index (χ1n) is 16.0. The van der Waals surface area contributed by atoms with Crippen molar-refractivity contribution in [3.8, 4) is 0 Å². The van der Waals surface area contributed by atoms with Gasteiger partial charge in [0.15, 0.2) is 5.76 Å². The summed E-state index contributed by atoms with van der Waals surface area (Å²) >= 11 is 0. The highest BCUT2D eigenvalue weighted by Gasteiger charge is 2.28. The van der Waals surface area contributed by atoms with Crippen molar-refractivity contribution >= 4 is 11.9 Å². The molecule has 2 aromatic rings. The Morgan fingerprint density at radius 3 is 1.67 bits per heavy atom. The first-order valence-corrected chi connectivity index (χ1v) is 16.0. The monoisotopic (exact) mass is 532 g/mol. The van der Waals surface area contributed by atoms with Gasteiger partial charge >= 0.3 is 0 Å². The summed E-state index contributed by atoms with van der Waals surface area (Å²) in [6.45, 7) is 20.0. The van der Waals surface area contributed by atoms with Crippen molar-refractivity contribution in [2.24, 2.45) is 0 Å². The zero-order chi connectivity index (χ0) is 29.1. The zero-order valence-corrected chi connectivity index (χ0v) is 26.5. The number of ketones is 1. The van der Waals surface area contributed by atoms with Crippen LogP contribution in [0.25, 0.3) is 6.08 Å². The van der Waals surface area contributed by atoms with Gasteiger partial charge in [-0.05, 0) is 127 Å². The second-order valence-electron chi connectivity index (χ2n) is 11.3. The molecule has 0 aliphatic heterocycles. The number of rotatable bonds is 16. The van der Waals surface area contributed by atoms with Gasteiger partial charge in [0.2, 0.25) is 5.78 Å². The lowest BCUT2D eigenvalue weighted by Gasteiger charge is -2.28. The summed E-state index contributed by atoms with van der Waals surface area (Å²) in [5.74, 6) is 1.16. The first-order chi connectivity index (χ1) is 18.8. The lowest BCUT2D eigenvalue weighted by molar-refractivity contribution is 0.0978. The van der Waals surface area contributed by atoms with Crippen molar-refractivity contribution in [3.05, 3.63) is 75.0 Å². The van der Waals surface area contributed by atoms with E-state index in [9.17, 15) is 9.90 Å². The van der Waals surface area contributed by atoms with Crippen LogP contribution in [0.4, 0.5) is 0 Å². The number of hydrogen-bond acceptors (Lipinski definition) is 2. The molecule has 2 nitrogen and oxygen atoms in total. The summed E-state index contributed by atoms with van der Waals surface area (Å²) in [5.41, 5.74) is 7.91. The Bertz CT molecular complexity index is 1080. The second kappa shape index (κ2) is 16.0. The Labute approximate surface area is 240 Å². The third-order valence-electron chi connectivity index (χ3n) is 9.26. The number of allylic oxidation sites excluding steroid dienone is 1. The van der Waals surface area contributed by atoms with Crippen LogP contribution in [0.2, 0.25) is 0 Å². The maximum absolute atomic E-state index is 14.3. The van der Waals surface area contributed by atoms with Gasteiger partial charge in [-0.2, -0.15) is 0 Å². The second-order valence-corrected chi connectivity index (χ2v) is 11.3. The van der Waals surface area contributed by atoms with Gasteiger partial charge in [-0.25, -0.2) is 0 Å². The summed E-state index contributed by atoms with van der Waals surface area (Å²) < 4.78 is 0. The molecule has 0 saturated heterocycles.